The van der Waals surface area contributed by atoms with Gasteiger partial charge in [0, 0.05) is 28.0 Å². The largest absolute Gasteiger partial charge is 0.493 e. The van der Waals surface area contributed by atoms with E-state index < -0.39 is 0 Å². The maximum Gasteiger partial charge on any atom is 0.169 e. The summed E-state index contributed by atoms with van der Waals surface area (Å²) >= 11 is 12.4. The van der Waals surface area contributed by atoms with Crippen LogP contribution in [-0.2, 0) is 0 Å². The van der Waals surface area contributed by atoms with Crippen molar-refractivity contribution in [3.8, 4) is 29.1 Å². The zero-order valence-electron chi connectivity index (χ0n) is 19.8. The Kier molecular flexibility index (Phi) is 7.18. The zero-order chi connectivity index (χ0) is 25.8. The third-order valence-corrected chi connectivity index (χ3v) is 6.23. The van der Waals surface area contributed by atoms with E-state index >= 15 is 0 Å². The summed E-state index contributed by atoms with van der Waals surface area (Å²) < 4.78 is 17.3. The number of methoxy groups -OCH3 is 1. The number of halogens is 2. The van der Waals surface area contributed by atoms with Crippen LogP contribution in [0.25, 0.3) is 21.7 Å². The van der Waals surface area contributed by atoms with Gasteiger partial charge >= 0.3 is 0 Å². The molecule has 1 N–H and O–H groups in total. The van der Waals surface area contributed by atoms with Crippen molar-refractivity contribution in [1.82, 2.24) is 4.98 Å². The van der Waals surface area contributed by atoms with Crippen LogP contribution in [-0.4, -0.2) is 24.6 Å². The first kappa shape index (κ1) is 24.5. The lowest BCUT2D eigenvalue weighted by Crippen LogP contribution is -2.01. The molecule has 5 aromatic rings. The molecule has 0 aliphatic heterocycles. The number of nitrogens with zero attached hydrogens (tertiary/aromatic N) is 2. The van der Waals surface area contributed by atoms with Gasteiger partial charge in [0.1, 0.15) is 24.2 Å². The average Bonchev–Trinajstić information content (AvgIpc) is 2.93. The maximum atomic E-state index is 9.82. The van der Waals surface area contributed by atoms with Gasteiger partial charge in [-0.3, -0.25) is 4.98 Å². The van der Waals surface area contributed by atoms with Gasteiger partial charge in [-0.2, -0.15) is 5.26 Å². The molecule has 0 radical (unpaired) electrons. The molecule has 184 valence electrons. The van der Waals surface area contributed by atoms with E-state index in [0.717, 1.165) is 16.2 Å². The molecule has 8 heteroatoms. The van der Waals surface area contributed by atoms with E-state index in [9.17, 15) is 5.26 Å². The van der Waals surface area contributed by atoms with Crippen molar-refractivity contribution in [2.45, 2.75) is 0 Å². The summed E-state index contributed by atoms with van der Waals surface area (Å²) in [5.74, 6) is 2.78. The normalized spacial score (nSPS) is 10.8. The number of anilines is 2. The molecule has 0 unspecified atom stereocenters. The monoisotopic (exact) mass is 529 g/mol. The van der Waals surface area contributed by atoms with Crippen molar-refractivity contribution >= 4 is 56.3 Å². The number of alkyl halides is 1. The summed E-state index contributed by atoms with van der Waals surface area (Å²) in [5, 5.41) is 16.1. The first-order valence-electron chi connectivity index (χ1n) is 11.4. The van der Waals surface area contributed by atoms with Crippen LogP contribution in [0.4, 0.5) is 11.4 Å². The third kappa shape index (κ3) is 4.92. The molecule has 0 bridgehead atoms. The van der Waals surface area contributed by atoms with Crippen LogP contribution in [0.3, 0.4) is 0 Å². The predicted molar refractivity (Wildman–Crippen MR) is 148 cm³/mol. The van der Waals surface area contributed by atoms with Gasteiger partial charge in [0.05, 0.1) is 34.8 Å². The van der Waals surface area contributed by atoms with Gasteiger partial charge in [-0.25, -0.2) is 0 Å². The predicted octanol–water partition coefficient (Wildman–Crippen LogP) is 8.08. The summed E-state index contributed by atoms with van der Waals surface area (Å²) in [6, 6.07) is 24.7. The molecule has 1 heterocycles. The van der Waals surface area contributed by atoms with E-state index in [2.05, 4.69) is 16.4 Å². The number of rotatable bonds is 8. The molecule has 0 saturated carbocycles. The lowest BCUT2D eigenvalue weighted by molar-refractivity contribution is 0.316. The first-order chi connectivity index (χ1) is 18.1. The molecule has 37 heavy (non-hydrogen) atoms. The van der Waals surface area contributed by atoms with E-state index in [-0.39, 0.29) is 0 Å². The number of hydrogen-bond donors (Lipinski definition) is 1. The van der Waals surface area contributed by atoms with Crippen LogP contribution in [0, 0.1) is 11.3 Å². The summed E-state index contributed by atoms with van der Waals surface area (Å²) in [5.41, 5.74) is 2.45. The quantitative estimate of drug-likeness (QED) is 0.162. The number of aromatic nitrogens is 1. The number of para-hydroxylation sites is 1. The van der Waals surface area contributed by atoms with Gasteiger partial charge in [-0.1, -0.05) is 29.8 Å². The van der Waals surface area contributed by atoms with Crippen LogP contribution >= 0.6 is 23.2 Å². The lowest BCUT2D eigenvalue weighted by atomic mass is 10.0. The highest BCUT2D eigenvalue weighted by Gasteiger charge is 2.17. The van der Waals surface area contributed by atoms with Crippen LogP contribution < -0.4 is 19.5 Å². The van der Waals surface area contributed by atoms with Crippen molar-refractivity contribution < 1.29 is 14.2 Å². The molecule has 0 aliphatic rings. The number of pyridine rings is 1. The summed E-state index contributed by atoms with van der Waals surface area (Å²) in [6.07, 6.45) is 1.56. The molecule has 0 atom stereocenters. The SMILES string of the molecule is COc1ccc2c(ccc3c(Nc4ccc(Oc5ccccc5)c(Cl)c4)c(C#N)cnc32)c1OCCCl. The number of ether oxygens (including phenoxy) is 3. The fourth-order valence-corrected chi connectivity index (χ4v) is 4.41. The molecule has 5 rings (SSSR count). The van der Waals surface area contributed by atoms with E-state index in [1.54, 1.807) is 25.4 Å². The van der Waals surface area contributed by atoms with Crippen molar-refractivity contribution in [3.05, 3.63) is 89.6 Å². The molecule has 0 spiro atoms. The van der Waals surface area contributed by atoms with Gasteiger partial charge < -0.3 is 19.5 Å². The van der Waals surface area contributed by atoms with Crippen molar-refractivity contribution in [2.24, 2.45) is 0 Å². The molecular weight excluding hydrogens is 509 g/mol. The Morgan fingerprint density at radius 1 is 0.946 bits per heavy atom. The van der Waals surface area contributed by atoms with Gasteiger partial charge in [0.25, 0.3) is 0 Å². The first-order valence-corrected chi connectivity index (χ1v) is 12.3. The lowest BCUT2D eigenvalue weighted by Gasteiger charge is -2.16. The molecule has 0 aliphatic carbocycles. The van der Waals surface area contributed by atoms with Crippen LogP contribution in [0.15, 0.2) is 79.0 Å². The minimum atomic E-state index is 0.341. The Hall–Kier alpha value is -4.18. The fraction of sp³-hybridized carbons (Fsp3) is 0.103. The Morgan fingerprint density at radius 2 is 1.70 bits per heavy atom. The van der Waals surface area contributed by atoms with Crippen LogP contribution in [0.1, 0.15) is 5.56 Å². The van der Waals surface area contributed by atoms with Crippen molar-refractivity contribution in [3.63, 3.8) is 0 Å². The molecule has 6 nitrogen and oxygen atoms in total. The summed E-state index contributed by atoms with van der Waals surface area (Å²) in [6.45, 7) is 0.341. The highest BCUT2D eigenvalue weighted by atomic mass is 35.5. The second kappa shape index (κ2) is 10.8. The highest BCUT2D eigenvalue weighted by molar-refractivity contribution is 6.32. The molecule has 4 aromatic carbocycles. The number of fused-ring (bicyclic) bond motifs is 3. The summed E-state index contributed by atoms with van der Waals surface area (Å²) in [4.78, 5) is 4.61. The second-order valence-corrected chi connectivity index (χ2v) is 8.82. The topological polar surface area (TPSA) is 76.4 Å². The maximum absolute atomic E-state index is 9.82. The Balaban J connectivity index is 1.56. The highest BCUT2D eigenvalue weighted by Crippen LogP contribution is 2.41. The number of benzene rings is 4. The fourth-order valence-electron chi connectivity index (χ4n) is 4.11. The Bertz CT molecular complexity index is 1640. The van der Waals surface area contributed by atoms with Gasteiger partial charge in [0.2, 0.25) is 0 Å². The van der Waals surface area contributed by atoms with E-state index in [1.807, 2.05) is 60.7 Å². The molecule has 0 fully saturated rings. The Morgan fingerprint density at radius 3 is 2.43 bits per heavy atom. The van der Waals surface area contributed by atoms with Crippen LogP contribution in [0.2, 0.25) is 5.02 Å². The van der Waals surface area contributed by atoms with Crippen LogP contribution in [0.5, 0.6) is 23.0 Å². The van der Waals surface area contributed by atoms with Gasteiger partial charge in [-0.15, -0.1) is 11.6 Å². The van der Waals surface area contributed by atoms with E-state index in [0.29, 0.717) is 63.0 Å². The van der Waals surface area contributed by atoms with E-state index in [4.69, 9.17) is 37.4 Å². The molecular formula is C29H21Cl2N3O3. The summed E-state index contributed by atoms with van der Waals surface area (Å²) in [7, 11) is 1.59. The third-order valence-electron chi connectivity index (χ3n) is 5.78. The number of nitrogens with one attached hydrogen (secondary N) is 1. The van der Waals surface area contributed by atoms with Crippen molar-refractivity contribution in [2.75, 3.05) is 24.9 Å². The van der Waals surface area contributed by atoms with E-state index in [1.165, 1.54) is 0 Å². The van der Waals surface area contributed by atoms with Gasteiger partial charge in [-0.05, 0) is 54.6 Å². The Labute approximate surface area is 223 Å². The number of nitriles is 1. The molecule has 0 saturated heterocycles. The standard InChI is InChI=1S/C29H21Cl2N3O3/c1-35-26-12-10-21-22(29(26)36-14-13-30)8-9-23-27(18(16-32)17-33-28(21)23)34-19-7-11-25(24(31)15-19)37-20-5-3-2-4-6-20/h2-12,15,17H,13-14H2,1H3,(H,33,34). The minimum absolute atomic E-state index is 0.341. The molecule has 0 amide bonds. The van der Waals surface area contributed by atoms with Gasteiger partial charge in [0.15, 0.2) is 11.5 Å². The smallest absolute Gasteiger partial charge is 0.169 e. The minimum Gasteiger partial charge on any atom is -0.493 e. The second-order valence-electron chi connectivity index (χ2n) is 8.04. The zero-order valence-corrected chi connectivity index (χ0v) is 21.3. The van der Waals surface area contributed by atoms with Crippen molar-refractivity contribution in [1.29, 1.82) is 5.26 Å². The average molecular weight is 530 g/mol. The number of hydrogen-bond acceptors (Lipinski definition) is 6. The molecule has 1 aromatic heterocycles.